The summed E-state index contributed by atoms with van der Waals surface area (Å²) in [5.74, 6) is 0.114. The number of hydrogen-bond acceptors (Lipinski definition) is 5. The van der Waals surface area contributed by atoms with Crippen LogP contribution in [0.2, 0.25) is 0 Å². The van der Waals surface area contributed by atoms with Crippen molar-refractivity contribution in [3.05, 3.63) is 60.7 Å². The molecule has 7 heteroatoms. The third-order valence-corrected chi connectivity index (χ3v) is 4.14. The van der Waals surface area contributed by atoms with Crippen LogP contribution in [0.1, 0.15) is 0 Å². The average Bonchev–Trinajstić information content (AvgIpc) is 2.53. The Morgan fingerprint density at radius 2 is 1.48 bits per heavy atom. The van der Waals surface area contributed by atoms with Gasteiger partial charge < -0.3 is 5.11 Å². The molecule has 3 aromatic carbocycles. The molecule has 0 aliphatic carbocycles. The average molecular weight is 328 g/mol. The first-order valence-electron chi connectivity index (χ1n) is 6.65. The quantitative estimate of drug-likeness (QED) is 0.555. The van der Waals surface area contributed by atoms with Gasteiger partial charge in [0.25, 0.3) is 10.1 Å². The van der Waals surface area contributed by atoms with Gasteiger partial charge in [-0.2, -0.15) is 13.5 Å². The van der Waals surface area contributed by atoms with Gasteiger partial charge in [0.05, 0.1) is 11.4 Å². The molecule has 0 saturated carbocycles. The molecule has 0 radical (unpaired) electrons. The molecule has 23 heavy (non-hydrogen) atoms. The van der Waals surface area contributed by atoms with Gasteiger partial charge in [0, 0.05) is 5.39 Å². The van der Waals surface area contributed by atoms with E-state index in [0.717, 1.165) is 0 Å². The summed E-state index contributed by atoms with van der Waals surface area (Å²) in [4.78, 5) is -0.213. The van der Waals surface area contributed by atoms with E-state index >= 15 is 0 Å². The van der Waals surface area contributed by atoms with E-state index in [1.54, 1.807) is 42.5 Å². The van der Waals surface area contributed by atoms with E-state index in [2.05, 4.69) is 10.2 Å². The number of rotatable bonds is 3. The van der Waals surface area contributed by atoms with Gasteiger partial charge in [-0.05, 0) is 41.8 Å². The summed E-state index contributed by atoms with van der Waals surface area (Å²) < 4.78 is 32.5. The van der Waals surface area contributed by atoms with E-state index in [1.807, 2.05) is 0 Å². The Balaban J connectivity index is 2.16. The molecular formula is C16H12N2O4S. The second kappa shape index (κ2) is 5.79. The van der Waals surface area contributed by atoms with Gasteiger partial charge in [-0.1, -0.05) is 24.3 Å². The molecule has 0 heterocycles. The first-order chi connectivity index (χ1) is 10.9. The third-order valence-electron chi connectivity index (χ3n) is 3.25. The predicted molar refractivity (Wildman–Crippen MR) is 86.0 cm³/mol. The van der Waals surface area contributed by atoms with Crippen LogP contribution < -0.4 is 0 Å². The fraction of sp³-hybridized carbons (Fsp3) is 0. The van der Waals surface area contributed by atoms with Gasteiger partial charge in [-0.25, -0.2) is 0 Å². The normalized spacial score (nSPS) is 12.0. The molecule has 0 aliphatic rings. The van der Waals surface area contributed by atoms with Crippen LogP contribution in [-0.4, -0.2) is 18.1 Å². The Hall–Kier alpha value is -2.77. The highest BCUT2D eigenvalue weighted by molar-refractivity contribution is 7.86. The van der Waals surface area contributed by atoms with Crippen molar-refractivity contribution in [2.24, 2.45) is 10.2 Å². The van der Waals surface area contributed by atoms with Crippen LogP contribution in [0.5, 0.6) is 5.75 Å². The van der Waals surface area contributed by atoms with Crippen molar-refractivity contribution >= 4 is 32.3 Å². The molecule has 6 nitrogen and oxygen atoms in total. The summed E-state index contributed by atoms with van der Waals surface area (Å²) in [6.07, 6.45) is 0. The van der Waals surface area contributed by atoms with Crippen molar-refractivity contribution in [3.8, 4) is 5.75 Å². The number of hydrogen-bond donors (Lipinski definition) is 2. The first-order valence-corrected chi connectivity index (χ1v) is 8.09. The lowest BCUT2D eigenvalue weighted by Crippen LogP contribution is -1.98. The summed E-state index contributed by atoms with van der Waals surface area (Å²) in [5.41, 5.74) is 0.827. The van der Waals surface area contributed by atoms with E-state index in [1.165, 1.54) is 18.2 Å². The smallest absolute Gasteiger partial charge is 0.295 e. The van der Waals surface area contributed by atoms with Gasteiger partial charge in [-0.15, -0.1) is 5.11 Å². The van der Waals surface area contributed by atoms with E-state index in [-0.39, 0.29) is 10.6 Å². The Bertz CT molecular complexity index is 991. The number of benzene rings is 3. The van der Waals surface area contributed by atoms with Crippen LogP contribution in [0.3, 0.4) is 0 Å². The van der Waals surface area contributed by atoms with Crippen LogP contribution in [0.15, 0.2) is 75.8 Å². The van der Waals surface area contributed by atoms with E-state index in [9.17, 15) is 18.1 Å². The van der Waals surface area contributed by atoms with Crippen LogP contribution in [0.4, 0.5) is 11.4 Å². The maximum atomic E-state index is 11.6. The number of fused-ring (bicyclic) bond motifs is 1. The number of aromatic hydroxyl groups is 1. The van der Waals surface area contributed by atoms with Crippen molar-refractivity contribution in [2.45, 2.75) is 4.90 Å². The number of phenols is 1. The van der Waals surface area contributed by atoms with E-state index < -0.39 is 10.1 Å². The fourth-order valence-corrected chi connectivity index (χ4v) is 2.95. The molecule has 3 rings (SSSR count). The predicted octanol–water partition coefficient (Wildman–Crippen LogP) is 4.21. The summed E-state index contributed by atoms with van der Waals surface area (Å²) in [5, 5.41) is 18.3. The molecule has 0 amide bonds. The second-order valence-corrected chi connectivity index (χ2v) is 6.21. The van der Waals surface area contributed by atoms with Crippen LogP contribution in [0.25, 0.3) is 10.8 Å². The van der Waals surface area contributed by atoms with Gasteiger partial charge >= 0.3 is 0 Å². The minimum absolute atomic E-state index is 0.114. The van der Waals surface area contributed by atoms with E-state index in [0.29, 0.717) is 22.1 Å². The number of nitrogens with zero attached hydrogens (tertiary/aromatic N) is 2. The zero-order chi connectivity index (χ0) is 16.4. The van der Waals surface area contributed by atoms with Crippen molar-refractivity contribution in [3.63, 3.8) is 0 Å². The molecule has 0 aliphatic heterocycles. The molecule has 0 bridgehead atoms. The zero-order valence-electron chi connectivity index (χ0n) is 11.8. The largest absolute Gasteiger partial charge is 0.508 e. The van der Waals surface area contributed by atoms with Gasteiger partial charge in [-0.3, -0.25) is 4.55 Å². The molecule has 3 aromatic rings. The van der Waals surface area contributed by atoms with Crippen LogP contribution >= 0.6 is 0 Å². The second-order valence-electron chi connectivity index (χ2n) is 4.82. The topological polar surface area (TPSA) is 99.3 Å². The monoisotopic (exact) mass is 328 g/mol. The molecule has 0 unspecified atom stereocenters. The Morgan fingerprint density at radius 3 is 2.13 bits per heavy atom. The minimum Gasteiger partial charge on any atom is -0.508 e. The number of azo groups is 1. The van der Waals surface area contributed by atoms with Gasteiger partial charge in [0.2, 0.25) is 0 Å². The third kappa shape index (κ3) is 3.20. The number of phenolic OH excluding ortho intramolecular Hbond substituents is 1. The molecule has 0 aromatic heterocycles. The highest BCUT2D eigenvalue weighted by atomic mass is 32.2. The Kier molecular flexibility index (Phi) is 3.81. The van der Waals surface area contributed by atoms with Crippen molar-refractivity contribution in [1.82, 2.24) is 0 Å². The first kappa shape index (κ1) is 15.1. The SMILES string of the molecule is O=S(=O)(O)c1cccc2cccc(N=Nc3ccc(O)cc3)c12. The highest BCUT2D eigenvalue weighted by Gasteiger charge is 2.16. The summed E-state index contributed by atoms with van der Waals surface area (Å²) in [6, 6.07) is 15.8. The van der Waals surface area contributed by atoms with Crippen LogP contribution in [0, 0.1) is 0 Å². The highest BCUT2D eigenvalue weighted by Crippen LogP contribution is 2.33. The Morgan fingerprint density at radius 1 is 0.826 bits per heavy atom. The van der Waals surface area contributed by atoms with Crippen molar-refractivity contribution in [1.29, 1.82) is 0 Å². The lowest BCUT2D eigenvalue weighted by atomic mass is 10.1. The zero-order valence-corrected chi connectivity index (χ0v) is 12.6. The standard InChI is InChI=1S/C16H12N2O4S/c19-13-9-7-12(8-10-13)17-18-14-5-1-3-11-4-2-6-15(16(11)14)23(20,21)22/h1-10,19H,(H,20,21,22). The molecule has 0 spiro atoms. The molecule has 0 fully saturated rings. The van der Waals surface area contributed by atoms with Crippen molar-refractivity contribution < 1.29 is 18.1 Å². The maximum absolute atomic E-state index is 11.6. The molecule has 0 atom stereocenters. The molecule has 2 N–H and O–H groups in total. The van der Waals surface area contributed by atoms with Crippen molar-refractivity contribution in [2.75, 3.05) is 0 Å². The summed E-state index contributed by atoms with van der Waals surface area (Å²) >= 11 is 0. The van der Waals surface area contributed by atoms with Crippen LogP contribution in [-0.2, 0) is 10.1 Å². The fourth-order valence-electron chi connectivity index (χ4n) is 2.22. The summed E-state index contributed by atoms with van der Waals surface area (Å²) in [6.45, 7) is 0. The molecule has 0 saturated heterocycles. The minimum atomic E-state index is -4.38. The summed E-state index contributed by atoms with van der Waals surface area (Å²) in [7, 11) is -4.38. The lowest BCUT2D eigenvalue weighted by Gasteiger charge is -2.06. The molecular weight excluding hydrogens is 316 g/mol. The lowest BCUT2D eigenvalue weighted by molar-refractivity contribution is 0.475. The van der Waals surface area contributed by atoms with E-state index in [4.69, 9.17) is 0 Å². The van der Waals surface area contributed by atoms with Gasteiger partial charge in [0.1, 0.15) is 10.6 Å². The Labute approximate surface area is 132 Å². The maximum Gasteiger partial charge on any atom is 0.295 e. The molecule has 116 valence electrons. The van der Waals surface area contributed by atoms with Gasteiger partial charge in [0.15, 0.2) is 0 Å².